The molecule has 1 amide bonds. The average molecular weight is 477 g/mol. The number of amides is 1. The van der Waals surface area contributed by atoms with E-state index in [0.717, 1.165) is 25.5 Å². The number of carbonyl (C=O) groups excluding carboxylic acids is 5. The van der Waals surface area contributed by atoms with Gasteiger partial charge in [0.05, 0.1) is 0 Å². The Morgan fingerprint density at radius 2 is 1.50 bits per heavy atom. The van der Waals surface area contributed by atoms with Crippen molar-refractivity contribution < 1.29 is 47.7 Å². The van der Waals surface area contributed by atoms with Crippen molar-refractivity contribution in [3.05, 3.63) is 42.0 Å². The van der Waals surface area contributed by atoms with Crippen molar-refractivity contribution >= 4 is 35.9 Å². The predicted octanol–water partition coefficient (Wildman–Crippen LogP) is 0.899. The molecule has 34 heavy (non-hydrogen) atoms. The lowest BCUT2D eigenvalue weighted by atomic mass is 9.96. The van der Waals surface area contributed by atoms with Crippen LogP contribution in [0.1, 0.15) is 33.3 Å². The van der Waals surface area contributed by atoms with Gasteiger partial charge in [-0.25, -0.2) is 4.79 Å². The number of carbonyl (C=O) groups is 5. The van der Waals surface area contributed by atoms with E-state index in [1.165, 1.54) is 19.9 Å². The van der Waals surface area contributed by atoms with E-state index >= 15 is 0 Å². The zero-order valence-electron chi connectivity index (χ0n) is 19.2. The van der Waals surface area contributed by atoms with E-state index in [4.69, 9.17) is 23.7 Å². The number of hydrogen-bond acceptors (Lipinski definition) is 10. The number of benzene rings is 1. The molecule has 0 radical (unpaired) electrons. The summed E-state index contributed by atoms with van der Waals surface area (Å²) in [5.74, 6) is -3.49. The summed E-state index contributed by atoms with van der Waals surface area (Å²) < 4.78 is 26.8. The summed E-state index contributed by atoms with van der Waals surface area (Å²) in [5, 5.41) is 2.51. The lowest BCUT2D eigenvalue weighted by Crippen LogP contribution is -2.66. The number of nitrogens with one attached hydrogen (secondary N) is 1. The molecule has 1 N–H and O–H groups in total. The Morgan fingerprint density at radius 3 is 2.06 bits per heavy atom. The summed E-state index contributed by atoms with van der Waals surface area (Å²) in [4.78, 5) is 59.3. The van der Waals surface area contributed by atoms with Gasteiger partial charge in [-0.1, -0.05) is 30.3 Å². The Labute approximate surface area is 196 Å². The second-order valence-corrected chi connectivity index (χ2v) is 7.40. The summed E-state index contributed by atoms with van der Waals surface area (Å²) in [6.07, 6.45) is -2.54. The lowest BCUT2D eigenvalue weighted by Gasteiger charge is -2.44. The van der Waals surface area contributed by atoms with Gasteiger partial charge in [-0.15, -0.1) is 0 Å². The van der Waals surface area contributed by atoms with Crippen LogP contribution in [-0.2, 0) is 47.7 Å². The highest BCUT2D eigenvalue weighted by molar-refractivity contribution is 5.87. The fourth-order valence-corrected chi connectivity index (χ4v) is 3.27. The molecule has 0 spiro atoms. The molecule has 1 saturated heterocycles. The number of hydrogen-bond donors (Lipinski definition) is 1. The van der Waals surface area contributed by atoms with Crippen molar-refractivity contribution in [2.75, 3.05) is 6.61 Å². The Balaban J connectivity index is 2.35. The molecular weight excluding hydrogens is 450 g/mol. The van der Waals surface area contributed by atoms with Gasteiger partial charge in [0.25, 0.3) is 0 Å². The van der Waals surface area contributed by atoms with Crippen LogP contribution in [0.5, 0.6) is 0 Å². The van der Waals surface area contributed by atoms with Crippen molar-refractivity contribution in [2.45, 2.75) is 58.3 Å². The molecule has 11 heteroatoms. The summed E-state index contributed by atoms with van der Waals surface area (Å²) in [5.41, 5.74) is 0.739. The largest absolute Gasteiger partial charge is 0.463 e. The van der Waals surface area contributed by atoms with Gasteiger partial charge in [-0.2, -0.15) is 0 Å². The fourth-order valence-electron chi connectivity index (χ4n) is 3.27. The third-order valence-electron chi connectivity index (χ3n) is 4.51. The molecule has 0 aliphatic carbocycles. The van der Waals surface area contributed by atoms with Gasteiger partial charge in [0.2, 0.25) is 12.2 Å². The van der Waals surface area contributed by atoms with Crippen molar-refractivity contribution in [1.29, 1.82) is 0 Å². The van der Waals surface area contributed by atoms with Crippen LogP contribution >= 0.6 is 0 Å². The number of ether oxygens (including phenoxy) is 5. The van der Waals surface area contributed by atoms with Gasteiger partial charge in [0.15, 0.2) is 12.2 Å². The molecule has 1 aliphatic rings. The summed E-state index contributed by atoms with van der Waals surface area (Å²) in [6.45, 7) is 4.22. The van der Waals surface area contributed by atoms with Crippen LogP contribution in [0.15, 0.2) is 36.4 Å². The fraction of sp³-hybridized carbons (Fsp3) is 0.435. The molecule has 0 unspecified atom stereocenters. The first kappa shape index (κ1) is 26.5. The Kier molecular flexibility index (Phi) is 9.75. The minimum Gasteiger partial charge on any atom is -0.463 e. The maximum absolute atomic E-state index is 12.5. The van der Waals surface area contributed by atoms with Gasteiger partial charge in [-0.3, -0.25) is 19.2 Å². The van der Waals surface area contributed by atoms with Gasteiger partial charge < -0.3 is 29.0 Å². The highest BCUT2D eigenvalue weighted by Gasteiger charge is 2.52. The highest BCUT2D eigenvalue weighted by atomic mass is 16.7. The minimum atomic E-state index is -1.46. The van der Waals surface area contributed by atoms with E-state index in [1.807, 2.05) is 6.07 Å². The molecule has 184 valence electrons. The van der Waals surface area contributed by atoms with Gasteiger partial charge >= 0.3 is 23.9 Å². The maximum Gasteiger partial charge on any atom is 0.333 e. The third-order valence-corrected chi connectivity index (χ3v) is 4.51. The highest BCUT2D eigenvalue weighted by Crippen LogP contribution is 2.28. The van der Waals surface area contributed by atoms with Crippen molar-refractivity contribution in [1.82, 2.24) is 5.32 Å². The van der Waals surface area contributed by atoms with Crippen molar-refractivity contribution in [2.24, 2.45) is 0 Å². The summed E-state index contributed by atoms with van der Waals surface area (Å²) in [6, 6.07) is 7.73. The molecule has 0 bridgehead atoms. The van der Waals surface area contributed by atoms with Gasteiger partial charge in [0.1, 0.15) is 18.8 Å². The first-order valence-electron chi connectivity index (χ1n) is 10.4. The molecule has 1 aromatic rings. The Morgan fingerprint density at radius 1 is 0.882 bits per heavy atom. The van der Waals surface area contributed by atoms with Gasteiger partial charge in [-0.05, 0) is 11.6 Å². The molecule has 5 atom stereocenters. The molecule has 1 heterocycles. The van der Waals surface area contributed by atoms with Crippen LogP contribution in [0.4, 0.5) is 0 Å². The zero-order chi connectivity index (χ0) is 25.3. The van der Waals surface area contributed by atoms with Crippen LogP contribution in [0.3, 0.4) is 0 Å². The first-order valence-corrected chi connectivity index (χ1v) is 10.4. The maximum atomic E-state index is 12.5. The van der Waals surface area contributed by atoms with Crippen LogP contribution in [-0.4, -0.2) is 67.0 Å². The molecule has 2 rings (SSSR count). The molecular formula is C23H27NO10. The average Bonchev–Trinajstić information content (AvgIpc) is 2.75. The van der Waals surface area contributed by atoms with Crippen LogP contribution in [0.2, 0.25) is 0 Å². The van der Waals surface area contributed by atoms with E-state index in [0.29, 0.717) is 0 Å². The van der Waals surface area contributed by atoms with E-state index in [1.54, 1.807) is 24.3 Å². The van der Waals surface area contributed by atoms with Gasteiger partial charge in [0, 0.05) is 33.8 Å². The van der Waals surface area contributed by atoms with Crippen LogP contribution in [0, 0.1) is 0 Å². The van der Waals surface area contributed by atoms with Crippen LogP contribution < -0.4 is 5.32 Å². The SMILES string of the molecule is CC(=O)N[C@@H]1[C@H](OC(=O)/C=C/c2ccccc2)O[C@H](COC(C)=O)[C@H](OC(C)=O)[C@H]1OC(C)=O. The first-order chi connectivity index (χ1) is 16.1. The van der Waals surface area contributed by atoms with Crippen molar-refractivity contribution in [3.8, 4) is 0 Å². The second-order valence-electron chi connectivity index (χ2n) is 7.40. The quantitative estimate of drug-likeness (QED) is 0.326. The topological polar surface area (TPSA) is 144 Å². The van der Waals surface area contributed by atoms with E-state index in [-0.39, 0.29) is 0 Å². The van der Waals surface area contributed by atoms with Crippen molar-refractivity contribution in [3.63, 3.8) is 0 Å². The number of rotatable bonds is 8. The third kappa shape index (κ3) is 8.32. The molecule has 11 nitrogen and oxygen atoms in total. The van der Waals surface area contributed by atoms with E-state index in [9.17, 15) is 24.0 Å². The molecule has 0 aromatic heterocycles. The molecule has 1 aliphatic heterocycles. The lowest BCUT2D eigenvalue weighted by molar-refractivity contribution is -0.270. The molecule has 0 saturated carbocycles. The minimum absolute atomic E-state index is 0.397. The summed E-state index contributed by atoms with van der Waals surface area (Å²) in [7, 11) is 0. The monoisotopic (exact) mass is 477 g/mol. The van der Waals surface area contributed by atoms with Crippen LogP contribution in [0.25, 0.3) is 6.08 Å². The molecule has 1 fully saturated rings. The normalized spacial score (nSPS) is 24.1. The second kappa shape index (κ2) is 12.5. The van der Waals surface area contributed by atoms with E-state index in [2.05, 4.69) is 5.32 Å². The zero-order valence-corrected chi connectivity index (χ0v) is 19.2. The summed E-state index contributed by atoms with van der Waals surface area (Å²) >= 11 is 0. The standard InChI is InChI=1S/C23H27NO10/c1-13(25)24-20-22(32-16(4)28)21(31-15(3)27)18(12-30-14(2)26)33-23(20)34-19(29)11-10-17-8-6-5-7-9-17/h5-11,18,20-23H,12H2,1-4H3,(H,24,25)/b11-10+/t18-,20+,21+,22+,23+/m1/s1. The Bertz CT molecular complexity index is 929. The number of esters is 4. The van der Waals surface area contributed by atoms with E-state index < -0.39 is 67.0 Å². The predicted molar refractivity (Wildman–Crippen MR) is 116 cm³/mol. The smallest absolute Gasteiger partial charge is 0.333 e. The molecule has 1 aromatic carbocycles. The Hall–Kier alpha value is -3.73.